The lowest BCUT2D eigenvalue weighted by atomic mass is 10.1. The van der Waals surface area contributed by atoms with E-state index in [0.29, 0.717) is 25.0 Å². The summed E-state index contributed by atoms with van der Waals surface area (Å²) in [5.41, 5.74) is 1.05. The maximum Gasteiger partial charge on any atom is 0.341 e. The van der Waals surface area contributed by atoms with Crippen LogP contribution < -0.4 is 15.0 Å². The fourth-order valence-electron chi connectivity index (χ4n) is 3.90. The van der Waals surface area contributed by atoms with Gasteiger partial charge in [0.05, 0.1) is 19.3 Å². The fraction of sp³-hybridized carbons (Fsp3) is 0.632. The average Bonchev–Trinajstić information content (AvgIpc) is 3.08. The monoisotopic (exact) mass is 386 g/mol. The number of ether oxygens (including phenoxy) is 3. The molecule has 9 heteroatoms. The van der Waals surface area contributed by atoms with Gasteiger partial charge in [0.1, 0.15) is 24.0 Å². The SMILES string of the molecule is CN(C)c1cccc(Oc2nnnn2C2COC3C(NCC4CC4)COC32)c1. The van der Waals surface area contributed by atoms with Crippen molar-refractivity contribution in [3.63, 3.8) is 0 Å². The quantitative estimate of drug-likeness (QED) is 0.761. The summed E-state index contributed by atoms with van der Waals surface area (Å²) in [5, 5.41) is 15.7. The lowest BCUT2D eigenvalue weighted by molar-refractivity contribution is 0.0611. The van der Waals surface area contributed by atoms with Crippen LogP contribution in [-0.4, -0.2) is 72.3 Å². The minimum atomic E-state index is -0.0974. The average molecular weight is 386 g/mol. The second-order valence-electron chi connectivity index (χ2n) is 8.02. The Labute approximate surface area is 163 Å². The highest BCUT2D eigenvalue weighted by Gasteiger charge is 2.49. The van der Waals surface area contributed by atoms with Gasteiger partial charge < -0.3 is 24.4 Å². The first-order valence-corrected chi connectivity index (χ1v) is 9.89. The molecular formula is C19H26N6O3. The molecule has 0 spiro atoms. The van der Waals surface area contributed by atoms with E-state index < -0.39 is 0 Å². The Balaban J connectivity index is 1.29. The molecule has 2 saturated heterocycles. The number of benzene rings is 1. The predicted octanol–water partition coefficient (Wildman–Crippen LogP) is 1.24. The van der Waals surface area contributed by atoms with E-state index >= 15 is 0 Å². The Kier molecular flexibility index (Phi) is 4.65. The van der Waals surface area contributed by atoms with E-state index in [0.717, 1.165) is 18.2 Å². The summed E-state index contributed by atoms with van der Waals surface area (Å²) in [7, 11) is 3.98. The van der Waals surface area contributed by atoms with Gasteiger partial charge >= 0.3 is 6.01 Å². The molecule has 1 aromatic heterocycles. The van der Waals surface area contributed by atoms with Crippen LogP contribution in [0.3, 0.4) is 0 Å². The van der Waals surface area contributed by atoms with Gasteiger partial charge in [-0.3, -0.25) is 0 Å². The van der Waals surface area contributed by atoms with Crippen LogP contribution >= 0.6 is 0 Å². The Bertz CT molecular complexity index is 824. The van der Waals surface area contributed by atoms with Crippen molar-refractivity contribution >= 4 is 5.69 Å². The van der Waals surface area contributed by atoms with Gasteiger partial charge in [0.15, 0.2) is 0 Å². The number of anilines is 1. The Hall–Kier alpha value is -2.23. The van der Waals surface area contributed by atoms with Crippen LogP contribution in [0.15, 0.2) is 24.3 Å². The molecule has 5 rings (SSSR count). The van der Waals surface area contributed by atoms with Crippen molar-refractivity contribution in [2.45, 2.75) is 37.1 Å². The molecule has 2 aliphatic heterocycles. The molecule has 1 N–H and O–H groups in total. The van der Waals surface area contributed by atoms with Gasteiger partial charge in [-0.05, 0) is 47.9 Å². The van der Waals surface area contributed by atoms with E-state index in [-0.39, 0.29) is 24.3 Å². The molecule has 4 atom stereocenters. The molecule has 4 unspecified atom stereocenters. The molecule has 1 aromatic carbocycles. The second-order valence-corrected chi connectivity index (χ2v) is 8.02. The number of aromatic nitrogens is 4. The highest BCUT2D eigenvalue weighted by molar-refractivity contribution is 5.49. The fourth-order valence-corrected chi connectivity index (χ4v) is 3.90. The zero-order valence-corrected chi connectivity index (χ0v) is 16.2. The summed E-state index contributed by atoms with van der Waals surface area (Å²) in [6.45, 7) is 2.21. The topological polar surface area (TPSA) is 86.6 Å². The van der Waals surface area contributed by atoms with Crippen molar-refractivity contribution in [3.8, 4) is 11.8 Å². The van der Waals surface area contributed by atoms with Gasteiger partial charge in [0.25, 0.3) is 0 Å². The number of nitrogens with one attached hydrogen (secondary N) is 1. The Morgan fingerprint density at radius 2 is 2.07 bits per heavy atom. The lowest BCUT2D eigenvalue weighted by Gasteiger charge is -2.18. The third-order valence-corrected chi connectivity index (χ3v) is 5.71. The third kappa shape index (κ3) is 3.45. The first-order chi connectivity index (χ1) is 13.7. The largest absolute Gasteiger partial charge is 0.423 e. The van der Waals surface area contributed by atoms with E-state index in [1.807, 2.05) is 43.3 Å². The molecule has 0 amide bonds. The molecule has 0 bridgehead atoms. The number of hydrogen-bond donors (Lipinski definition) is 1. The highest BCUT2D eigenvalue weighted by atomic mass is 16.6. The maximum atomic E-state index is 6.07. The van der Waals surface area contributed by atoms with E-state index in [9.17, 15) is 0 Å². The van der Waals surface area contributed by atoms with Crippen molar-refractivity contribution < 1.29 is 14.2 Å². The molecule has 0 radical (unpaired) electrons. The number of rotatable bonds is 7. The van der Waals surface area contributed by atoms with Crippen LogP contribution in [0.2, 0.25) is 0 Å². The number of nitrogens with zero attached hydrogens (tertiary/aromatic N) is 5. The third-order valence-electron chi connectivity index (χ3n) is 5.71. The van der Waals surface area contributed by atoms with Crippen molar-refractivity contribution in [1.82, 2.24) is 25.5 Å². The van der Waals surface area contributed by atoms with Gasteiger partial charge in [-0.1, -0.05) is 11.2 Å². The highest BCUT2D eigenvalue weighted by Crippen LogP contribution is 2.37. The van der Waals surface area contributed by atoms with Gasteiger partial charge in [0, 0.05) is 25.8 Å². The van der Waals surface area contributed by atoms with Crippen LogP contribution in [0.5, 0.6) is 11.8 Å². The maximum absolute atomic E-state index is 6.07. The Morgan fingerprint density at radius 1 is 1.21 bits per heavy atom. The van der Waals surface area contributed by atoms with Crippen LogP contribution in [0, 0.1) is 5.92 Å². The smallest absolute Gasteiger partial charge is 0.341 e. The molecule has 150 valence electrons. The first kappa shape index (κ1) is 17.8. The van der Waals surface area contributed by atoms with Crippen molar-refractivity contribution in [1.29, 1.82) is 0 Å². The second kappa shape index (κ2) is 7.31. The molecule has 3 aliphatic rings. The summed E-state index contributed by atoms with van der Waals surface area (Å²) >= 11 is 0. The van der Waals surface area contributed by atoms with Gasteiger partial charge in [-0.2, -0.15) is 4.68 Å². The summed E-state index contributed by atoms with van der Waals surface area (Å²) in [5.74, 6) is 1.52. The normalized spacial score (nSPS) is 29.1. The minimum absolute atomic E-state index is 0.0258. The number of hydrogen-bond acceptors (Lipinski definition) is 8. The van der Waals surface area contributed by atoms with E-state index in [2.05, 4.69) is 20.8 Å². The predicted molar refractivity (Wildman–Crippen MR) is 102 cm³/mol. The zero-order valence-electron chi connectivity index (χ0n) is 16.2. The molecule has 2 aromatic rings. The standard InChI is InChI=1S/C19H26N6O3/c1-24(2)13-4-3-5-14(8-13)28-19-21-22-23-25(19)16-11-27-17-15(10-26-18(16)17)20-9-12-6-7-12/h3-5,8,12,15-18,20H,6-7,9-11H2,1-2H3. The van der Waals surface area contributed by atoms with Crippen molar-refractivity contribution in [3.05, 3.63) is 24.3 Å². The van der Waals surface area contributed by atoms with Crippen LogP contribution in [-0.2, 0) is 9.47 Å². The van der Waals surface area contributed by atoms with Gasteiger partial charge in [-0.15, -0.1) is 0 Å². The lowest BCUT2D eigenvalue weighted by Crippen LogP contribution is -2.41. The van der Waals surface area contributed by atoms with Crippen LogP contribution in [0.1, 0.15) is 18.9 Å². The van der Waals surface area contributed by atoms with E-state index in [1.165, 1.54) is 12.8 Å². The summed E-state index contributed by atoms with van der Waals surface area (Å²) in [4.78, 5) is 2.02. The molecule has 9 nitrogen and oxygen atoms in total. The molecule has 1 saturated carbocycles. The number of fused-ring (bicyclic) bond motifs is 1. The van der Waals surface area contributed by atoms with Crippen molar-refractivity contribution in [2.75, 3.05) is 38.8 Å². The number of tetrazole rings is 1. The summed E-state index contributed by atoms with van der Waals surface area (Å²) < 4.78 is 19.8. The van der Waals surface area contributed by atoms with E-state index in [4.69, 9.17) is 14.2 Å². The van der Waals surface area contributed by atoms with E-state index in [1.54, 1.807) is 4.68 Å². The summed E-state index contributed by atoms with van der Waals surface area (Å²) in [6.07, 6.45) is 2.62. The molecule has 1 aliphatic carbocycles. The van der Waals surface area contributed by atoms with Crippen molar-refractivity contribution in [2.24, 2.45) is 5.92 Å². The summed E-state index contributed by atoms with van der Waals surface area (Å²) in [6, 6.07) is 8.30. The van der Waals surface area contributed by atoms with Crippen LogP contribution in [0.4, 0.5) is 5.69 Å². The first-order valence-electron chi connectivity index (χ1n) is 9.89. The van der Waals surface area contributed by atoms with Crippen LogP contribution in [0.25, 0.3) is 0 Å². The Morgan fingerprint density at radius 3 is 2.89 bits per heavy atom. The van der Waals surface area contributed by atoms with Gasteiger partial charge in [0.2, 0.25) is 0 Å². The minimum Gasteiger partial charge on any atom is -0.423 e. The molecular weight excluding hydrogens is 360 g/mol. The molecule has 3 heterocycles. The zero-order chi connectivity index (χ0) is 19.1. The van der Waals surface area contributed by atoms with Gasteiger partial charge in [-0.25, -0.2) is 0 Å². The molecule has 3 fully saturated rings. The molecule has 28 heavy (non-hydrogen) atoms.